The van der Waals surface area contributed by atoms with Gasteiger partial charge in [-0.2, -0.15) is 0 Å². The molecule has 28 heavy (non-hydrogen) atoms. The van der Waals surface area contributed by atoms with Crippen molar-refractivity contribution >= 4 is 11.8 Å². The third-order valence-electron chi connectivity index (χ3n) is 6.21. The topological polar surface area (TPSA) is 40.6 Å². The van der Waals surface area contributed by atoms with Crippen LogP contribution in [0.15, 0.2) is 54.6 Å². The molecule has 4 nitrogen and oxygen atoms in total. The van der Waals surface area contributed by atoms with Crippen molar-refractivity contribution in [2.45, 2.75) is 25.7 Å². The molecule has 1 heterocycles. The van der Waals surface area contributed by atoms with Crippen LogP contribution in [0.3, 0.4) is 0 Å². The van der Waals surface area contributed by atoms with Crippen molar-refractivity contribution in [2.75, 3.05) is 26.7 Å². The Balaban J connectivity index is 1.58. The Morgan fingerprint density at radius 3 is 2.43 bits per heavy atom. The van der Waals surface area contributed by atoms with Crippen LogP contribution in [-0.4, -0.2) is 48.3 Å². The smallest absolute Gasteiger partial charge is 0.227 e. The highest BCUT2D eigenvalue weighted by atomic mass is 16.2. The quantitative estimate of drug-likeness (QED) is 0.818. The summed E-state index contributed by atoms with van der Waals surface area (Å²) in [5.41, 5.74) is 3.49. The summed E-state index contributed by atoms with van der Waals surface area (Å²) < 4.78 is 0. The summed E-state index contributed by atoms with van der Waals surface area (Å²) in [6.07, 6.45) is 3.81. The number of amides is 2. The molecule has 2 aromatic rings. The van der Waals surface area contributed by atoms with Crippen molar-refractivity contribution in [1.82, 2.24) is 9.80 Å². The fourth-order valence-corrected chi connectivity index (χ4v) is 4.26. The molecule has 2 fully saturated rings. The fourth-order valence-electron chi connectivity index (χ4n) is 4.26. The lowest BCUT2D eigenvalue weighted by atomic mass is 9.84. The van der Waals surface area contributed by atoms with E-state index >= 15 is 0 Å². The number of benzene rings is 2. The van der Waals surface area contributed by atoms with Gasteiger partial charge in [0.15, 0.2) is 0 Å². The molecular formula is C24H28N2O2. The Morgan fingerprint density at radius 1 is 1.00 bits per heavy atom. The maximum atomic E-state index is 13.0. The van der Waals surface area contributed by atoms with Crippen molar-refractivity contribution in [1.29, 1.82) is 0 Å². The fraction of sp³-hybridized carbons (Fsp3) is 0.417. The Kier molecular flexibility index (Phi) is 5.47. The molecule has 0 unspecified atom stereocenters. The molecule has 1 saturated heterocycles. The van der Waals surface area contributed by atoms with Crippen molar-refractivity contribution in [3.8, 4) is 11.1 Å². The Morgan fingerprint density at radius 2 is 1.71 bits per heavy atom. The van der Waals surface area contributed by atoms with Crippen LogP contribution in [0, 0.1) is 11.8 Å². The lowest BCUT2D eigenvalue weighted by Crippen LogP contribution is -2.42. The lowest BCUT2D eigenvalue weighted by molar-refractivity contribution is -0.138. The third kappa shape index (κ3) is 3.82. The normalized spacial score (nSPS) is 20.6. The number of carbonyl (C=O) groups excluding carboxylic acids is 2. The third-order valence-corrected chi connectivity index (χ3v) is 6.21. The van der Waals surface area contributed by atoms with E-state index in [9.17, 15) is 9.59 Å². The van der Waals surface area contributed by atoms with Gasteiger partial charge in [-0.15, -0.1) is 0 Å². The zero-order chi connectivity index (χ0) is 19.5. The molecular weight excluding hydrogens is 348 g/mol. The highest BCUT2D eigenvalue weighted by Gasteiger charge is 2.35. The van der Waals surface area contributed by atoms with E-state index in [4.69, 9.17) is 0 Å². The molecule has 1 atom stereocenters. The molecule has 0 N–H and O–H groups in total. The molecule has 0 spiro atoms. The minimum atomic E-state index is -0.193. The summed E-state index contributed by atoms with van der Waals surface area (Å²) in [4.78, 5) is 29.6. The van der Waals surface area contributed by atoms with Crippen molar-refractivity contribution in [2.24, 2.45) is 11.8 Å². The van der Waals surface area contributed by atoms with Crippen LogP contribution in [0.2, 0.25) is 0 Å². The first kappa shape index (κ1) is 18.7. The highest BCUT2D eigenvalue weighted by Crippen LogP contribution is 2.30. The second kappa shape index (κ2) is 8.17. The zero-order valence-corrected chi connectivity index (χ0v) is 16.5. The van der Waals surface area contributed by atoms with Gasteiger partial charge in [-0.1, -0.05) is 61.0 Å². The Labute approximate surface area is 167 Å². The summed E-state index contributed by atoms with van der Waals surface area (Å²) in [7, 11) is 1.86. The number of hydrogen-bond donors (Lipinski definition) is 0. The molecule has 4 heteroatoms. The second-order valence-electron chi connectivity index (χ2n) is 8.10. The van der Waals surface area contributed by atoms with Gasteiger partial charge in [0.1, 0.15) is 0 Å². The van der Waals surface area contributed by atoms with Gasteiger partial charge in [-0.3, -0.25) is 9.59 Å². The number of nitrogens with zero attached hydrogens (tertiary/aromatic N) is 2. The molecule has 4 rings (SSSR count). The number of likely N-dealkylation sites (N-methyl/N-ethyl adjacent to an activating group) is 1. The molecule has 1 saturated carbocycles. The van der Waals surface area contributed by atoms with Crippen LogP contribution < -0.4 is 0 Å². The average Bonchev–Trinajstić information content (AvgIpc) is 2.82. The number of hydrogen-bond acceptors (Lipinski definition) is 2. The largest absolute Gasteiger partial charge is 0.344 e. The Hall–Kier alpha value is -2.62. The molecule has 1 aliphatic heterocycles. The van der Waals surface area contributed by atoms with Gasteiger partial charge >= 0.3 is 0 Å². The average molecular weight is 377 g/mol. The second-order valence-corrected chi connectivity index (χ2v) is 8.10. The van der Waals surface area contributed by atoms with Gasteiger partial charge in [0.2, 0.25) is 11.8 Å². The first-order valence-corrected chi connectivity index (χ1v) is 10.3. The summed E-state index contributed by atoms with van der Waals surface area (Å²) in [5, 5.41) is 0. The molecule has 2 aliphatic rings. The van der Waals surface area contributed by atoms with E-state index in [1.165, 1.54) is 11.1 Å². The monoisotopic (exact) mass is 376 g/mol. The SMILES string of the molecule is CN1CCN(C(=O)C2CCC2)C[C@@H](Cc2ccccc2-c2ccccc2)C1=O. The zero-order valence-electron chi connectivity index (χ0n) is 16.5. The molecule has 2 aromatic carbocycles. The molecule has 0 bridgehead atoms. The molecule has 1 aliphatic carbocycles. The molecule has 0 aromatic heterocycles. The van der Waals surface area contributed by atoms with E-state index < -0.39 is 0 Å². The van der Waals surface area contributed by atoms with E-state index in [0.717, 1.165) is 24.8 Å². The van der Waals surface area contributed by atoms with Gasteiger partial charge in [0.05, 0.1) is 5.92 Å². The van der Waals surface area contributed by atoms with Crippen LogP contribution in [0.4, 0.5) is 0 Å². The maximum absolute atomic E-state index is 13.0. The standard InChI is InChI=1S/C24H28N2O2/c1-25-14-15-26(24(28)19-11-7-12-19)17-21(23(25)27)16-20-10-5-6-13-22(20)18-8-3-2-4-9-18/h2-6,8-10,13,19,21H,7,11-12,14-17H2,1H3/t21-/m1/s1. The van der Waals surface area contributed by atoms with E-state index in [1.807, 2.05) is 42.3 Å². The van der Waals surface area contributed by atoms with E-state index in [0.29, 0.717) is 26.1 Å². The predicted octanol–water partition coefficient (Wildman–Crippen LogP) is 3.61. The van der Waals surface area contributed by atoms with E-state index in [-0.39, 0.29) is 23.7 Å². The number of rotatable bonds is 4. The summed E-state index contributed by atoms with van der Waals surface area (Å²) in [6.45, 7) is 1.80. The molecule has 0 radical (unpaired) electrons. The molecule has 2 amide bonds. The molecule has 146 valence electrons. The minimum Gasteiger partial charge on any atom is -0.344 e. The number of carbonyl (C=O) groups is 2. The van der Waals surface area contributed by atoms with Gasteiger partial charge in [-0.05, 0) is 36.0 Å². The highest BCUT2D eigenvalue weighted by molar-refractivity contribution is 5.83. The van der Waals surface area contributed by atoms with Crippen LogP contribution in [0.25, 0.3) is 11.1 Å². The van der Waals surface area contributed by atoms with Crippen molar-refractivity contribution in [3.63, 3.8) is 0 Å². The van der Waals surface area contributed by atoms with Gasteiger partial charge in [0, 0.05) is 32.6 Å². The Bertz CT molecular complexity index is 845. The van der Waals surface area contributed by atoms with Gasteiger partial charge in [-0.25, -0.2) is 0 Å². The van der Waals surface area contributed by atoms with Crippen LogP contribution >= 0.6 is 0 Å². The van der Waals surface area contributed by atoms with E-state index in [2.05, 4.69) is 24.3 Å². The summed E-state index contributed by atoms with van der Waals surface area (Å²) >= 11 is 0. The van der Waals surface area contributed by atoms with E-state index in [1.54, 1.807) is 4.90 Å². The van der Waals surface area contributed by atoms with Gasteiger partial charge in [0.25, 0.3) is 0 Å². The minimum absolute atomic E-state index is 0.145. The van der Waals surface area contributed by atoms with Crippen molar-refractivity contribution < 1.29 is 9.59 Å². The van der Waals surface area contributed by atoms with Crippen LogP contribution in [-0.2, 0) is 16.0 Å². The van der Waals surface area contributed by atoms with Gasteiger partial charge < -0.3 is 9.80 Å². The summed E-state index contributed by atoms with van der Waals surface area (Å²) in [5.74, 6) is 0.375. The lowest BCUT2D eigenvalue weighted by Gasteiger charge is -2.32. The maximum Gasteiger partial charge on any atom is 0.227 e. The first-order chi connectivity index (χ1) is 13.6. The summed E-state index contributed by atoms with van der Waals surface area (Å²) in [6, 6.07) is 18.6. The predicted molar refractivity (Wildman–Crippen MR) is 111 cm³/mol. The van der Waals surface area contributed by atoms with Crippen LogP contribution in [0.1, 0.15) is 24.8 Å². The van der Waals surface area contributed by atoms with Crippen molar-refractivity contribution in [3.05, 3.63) is 60.2 Å². The first-order valence-electron chi connectivity index (χ1n) is 10.3. The van der Waals surface area contributed by atoms with Crippen LogP contribution in [0.5, 0.6) is 0 Å².